The minimum absolute atomic E-state index is 0.0878. The van der Waals surface area contributed by atoms with Gasteiger partial charge < -0.3 is 4.98 Å². The average Bonchev–Trinajstić information content (AvgIpc) is 3.14. The zero-order valence-electron chi connectivity index (χ0n) is 17.0. The summed E-state index contributed by atoms with van der Waals surface area (Å²) in [5, 5.41) is 4.64. The van der Waals surface area contributed by atoms with Gasteiger partial charge in [0.05, 0.1) is 5.44 Å². The number of imidazole rings is 1. The van der Waals surface area contributed by atoms with Crippen LogP contribution in [-0.2, 0) is 5.41 Å². The monoisotopic (exact) mass is 417 g/mol. The number of H-pyrrole nitrogens is 1. The van der Waals surface area contributed by atoms with Crippen molar-refractivity contribution in [3.63, 3.8) is 0 Å². The Morgan fingerprint density at radius 3 is 1.38 bits per heavy atom. The molecule has 0 aliphatic rings. The molecule has 29 heavy (non-hydrogen) atoms. The van der Waals surface area contributed by atoms with E-state index in [-0.39, 0.29) is 5.41 Å². The highest BCUT2D eigenvalue weighted by atomic mass is 32.1. The quantitative estimate of drug-likeness (QED) is 0.368. The third-order valence-corrected chi connectivity index (χ3v) is 9.86. The lowest BCUT2D eigenvalue weighted by Gasteiger charge is -2.37. The van der Waals surface area contributed by atoms with E-state index in [1.54, 1.807) is 0 Å². The molecule has 1 N–H and O–H groups in total. The number of hydrogen-bond acceptors (Lipinski definition) is 2. The van der Waals surface area contributed by atoms with Gasteiger partial charge in [-0.05, 0) is 15.9 Å². The number of aromatic nitrogens is 2. The lowest BCUT2D eigenvalue weighted by Crippen LogP contribution is -2.40. The van der Waals surface area contributed by atoms with Crippen LogP contribution in [0.5, 0.6) is 0 Å². The zero-order chi connectivity index (χ0) is 20.5. The van der Waals surface area contributed by atoms with Crippen LogP contribution in [0.4, 0.5) is 0 Å². The van der Waals surface area contributed by atoms with Crippen LogP contribution in [0.1, 0.15) is 26.6 Å². The van der Waals surface area contributed by atoms with Crippen molar-refractivity contribution < 1.29 is 0 Å². The highest BCUT2D eigenvalue weighted by molar-refractivity contribution is 8.02. The van der Waals surface area contributed by atoms with E-state index in [0.717, 1.165) is 16.3 Å². The van der Waals surface area contributed by atoms with Gasteiger partial charge in [0.15, 0.2) is 0 Å². The molecule has 0 unspecified atom stereocenters. The van der Waals surface area contributed by atoms with Crippen LogP contribution in [0.2, 0.25) is 0 Å². The smallest absolute Gasteiger partial charge is 0.120 e. The third kappa shape index (κ3) is 3.54. The van der Waals surface area contributed by atoms with Gasteiger partial charge in [-0.3, -0.25) is 0 Å². The zero-order valence-corrected chi connectivity index (χ0v) is 18.8. The van der Waals surface area contributed by atoms with Gasteiger partial charge in [0.1, 0.15) is 10.9 Å². The van der Waals surface area contributed by atoms with Crippen molar-refractivity contribution in [2.45, 2.75) is 31.2 Å². The third-order valence-electron chi connectivity index (χ3n) is 5.14. The highest BCUT2D eigenvalue weighted by Crippen LogP contribution is 2.55. The molecular weight excluding hydrogens is 391 g/mol. The van der Waals surface area contributed by atoms with Crippen molar-refractivity contribution in [2.75, 3.05) is 0 Å². The molecule has 4 heteroatoms. The molecule has 4 aromatic rings. The molecule has 3 aromatic carbocycles. The van der Waals surface area contributed by atoms with E-state index in [1.165, 1.54) is 15.9 Å². The van der Waals surface area contributed by atoms with E-state index in [1.807, 2.05) is 0 Å². The average molecular weight is 418 g/mol. The number of rotatable bonds is 4. The first-order chi connectivity index (χ1) is 13.9. The van der Waals surface area contributed by atoms with Gasteiger partial charge in [-0.15, -0.1) is 12.6 Å². The number of nitrogens with one attached hydrogen (secondary N) is 1. The Hall–Kier alpha value is -2.35. The predicted octanol–water partition coefficient (Wildman–Crippen LogP) is 4.62. The lowest BCUT2D eigenvalue weighted by atomic mass is 9.96. The maximum atomic E-state index is 4.88. The molecular formula is C25H26N2PS. The molecule has 0 amide bonds. The second-order valence-corrected chi connectivity index (χ2v) is 11.9. The molecule has 0 spiro atoms. The number of thiol groups is 1. The van der Waals surface area contributed by atoms with E-state index in [2.05, 4.69) is 117 Å². The summed E-state index contributed by atoms with van der Waals surface area (Å²) in [6.07, 6.45) is 0. The molecule has 2 nitrogen and oxygen atoms in total. The fourth-order valence-electron chi connectivity index (χ4n) is 3.73. The maximum absolute atomic E-state index is 4.88. The van der Waals surface area contributed by atoms with Gasteiger partial charge in [-0.25, -0.2) is 4.98 Å². The lowest BCUT2D eigenvalue weighted by molar-refractivity contribution is 0.550. The molecule has 1 heterocycles. The van der Waals surface area contributed by atoms with Crippen molar-refractivity contribution in [1.82, 2.24) is 9.97 Å². The Morgan fingerprint density at radius 1 is 0.690 bits per heavy atom. The first-order valence-electron chi connectivity index (χ1n) is 9.80. The molecule has 0 aliphatic carbocycles. The summed E-state index contributed by atoms with van der Waals surface area (Å²) in [7, 11) is -2.19. The molecule has 1 aromatic heterocycles. The fourth-order valence-corrected chi connectivity index (χ4v) is 8.49. The Balaban J connectivity index is 2.14. The van der Waals surface area contributed by atoms with E-state index in [4.69, 9.17) is 17.6 Å². The molecule has 147 valence electrons. The van der Waals surface area contributed by atoms with Gasteiger partial charge >= 0.3 is 0 Å². The van der Waals surface area contributed by atoms with Crippen molar-refractivity contribution in [3.8, 4) is 0 Å². The number of nitrogens with zero attached hydrogens (tertiary/aromatic N) is 1. The molecule has 0 atom stereocenters. The summed E-state index contributed by atoms with van der Waals surface area (Å²) >= 11 is 4.88. The summed E-state index contributed by atoms with van der Waals surface area (Å²) in [5.41, 5.74) is 1.02. The molecule has 0 bridgehead atoms. The Morgan fingerprint density at radius 2 is 1.07 bits per heavy atom. The summed E-state index contributed by atoms with van der Waals surface area (Å²) < 4.78 is 0. The first kappa shape index (κ1) is 19.9. The van der Waals surface area contributed by atoms with Crippen molar-refractivity contribution in [2.24, 2.45) is 0 Å². The molecule has 4 rings (SSSR count). The minimum Gasteiger partial charge on any atom is -0.340 e. The van der Waals surface area contributed by atoms with Crippen LogP contribution in [0.15, 0.2) is 96.0 Å². The van der Waals surface area contributed by atoms with Crippen LogP contribution in [0.3, 0.4) is 0 Å². The predicted molar refractivity (Wildman–Crippen MR) is 129 cm³/mol. The van der Waals surface area contributed by atoms with Gasteiger partial charge in [-0.1, -0.05) is 112 Å². The van der Waals surface area contributed by atoms with Crippen LogP contribution in [0, 0.1) is 0 Å². The summed E-state index contributed by atoms with van der Waals surface area (Å²) in [5.74, 6) is 0.963. The van der Waals surface area contributed by atoms with Crippen molar-refractivity contribution >= 4 is 41.2 Å². The van der Waals surface area contributed by atoms with Gasteiger partial charge in [0.25, 0.3) is 0 Å². The maximum Gasteiger partial charge on any atom is 0.120 e. The topological polar surface area (TPSA) is 28.7 Å². The first-order valence-corrected chi connectivity index (χ1v) is 12.0. The Bertz CT molecular complexity index is 987. The largest absolute Gasteiger partial charge is 0.340 e. The van der Waals surface area contributed by atoms with E-state index in [0.29, 0.717) is 0 Å². The van der Waals surface area contributed by atoms with E-state index < -0.39 is 7.26 Å². The Kier molecular flexibility index (Phi) is 5.38. The van der Waals surface area contributed by atoms with Gasteiger partial charge in [-0.2, -0.15) is 0 Å². The number of benzene rings is 3. The molecule has 0 saturated heterocycles. The van der Waals surface area contributed by atoms with E-state index in [9.17, 15) is 0 Å². The summed E-state index contributed by atoms with van der Waals surface area (Å²) in [6, 6.07) is 32.3. The van der Waals surface area contributed by atoms with Crippen LogP contribution in [0.25, 0.3) is 0 Å². The normalized spacial score (nSPS) is 12.1. The number of hydrogen-bond donors (Lipinski definition) is 2. The molecule has 1 radical (unpaired) electrons. The Labute approximate surface area is 179 Å². The van der Waals surface area contributed by atoms with Gasteiger partial charge in [0.2, 0.25) is 0 Å². The van der Waals surface area contributed by atoms with Crippen LogP contribution >= 0.6 is 19.9 Å². The summed E-state index contributed by atoms with van der Waals surface area (Å²) in [6.45, 7) is 6.53. The molecule has 0 saturated carbocycles. The second-order valence-electron chi connectivity index (χ2n) is 8.19. The van der Waals surface area contributed by atoms with Crippen molar-refractivity contribution in [3.05, 3.63) is 96.8 Å². The fraction of sp³-hybridized carbons (Fsp3) is 0.160. The SMILES string of the molecule is CC(C)(C)c1nc(S)c([P](c2ccccc2)(c2ccccc2)c2ccccc2)[nH]1. The van der Waals surface area contributed by atoms with Gasteiger partial charge in [0, 0.05) is 12.7 Å². The van der Waals surface area contributed by atoms with Crippen LogP contribution in [-0.4, -0.2) is 9.97 Å². The highest BCUT2D eigenvalue weighted by Gasteiger charge is 2.40. The standard InChI is InChI=1S/C25H26N2PS/c1-25(2,3)24-26-22(23(29)27-24)28(19-13-7-4-8-14-19,20-15-9-5-10-16-20)21-17-11-6-12-18-21/h4-18,29H,1-3H3,(H,26,27). The van der Waals surface area contributed by atoms with E-state index >= 15 is 0 Å². The summed E-state index contributed by atoms with van der Waals surface area (Å²) in [4.78, 5) is 8.58. The molecule has 0 aliphatic heterocycles. The van der Waals surface area contributed by atoms with Crippen molar-refractivity contribution in [1.29, 1.82) is 0 Å². The minimum atomic E-state index is -2.19. The second kappa shape index (κ2) is 7.82. The number of aromatic amines is 1. The molecule has 0 fully saturated rings. The van der Waals surface area contributed by atoms with Crippen LogP contribution < -0.4 is 21.3 Å².